The van der Waals surface area contributed by atoms with E-state index in [0.29, 0.717) is 0 Å². The summed E-state index contributed by atoms with van der Waals surface area (Å²) in [5.74, 6) is 0. The summed E-state index contributed by atoms with van der Waals surface area (Å²) < 4.78 is 0. The van der Waals surface area contributed by atoms with E-state index in [9.17, 15) is 4.79 Å². The Kier molecular flexibility index (Phi) is 6.42. The number of hydrogen-bond acceptors (Lipinski definition) is 1. The average Bonchev–Trinajstić information content (AvgIpc) is 2.33. The molecule has 1 unspecified atom stereocenters. The molecule has 0 saturated carbocycles. The van der Waals surface area contributed by atoms with E-state index < -0.39 is 0 Å². The van der Waals surface area contributed by atoms with Crippen LogP contribution in [0.15, 0.2) is 30.3 Å². The zero-order valence-electron chi connectivity index (χ0n) is 13.8. The Labute approximate surface area is 141 Å². The summed E-state index contributed by atoms with van der Waals surface area (Å²) in [6, 6.07) is 10.4. The van der Waals surface area contributed by atoms with Crippen molar-refractivity contribution in [1.29, 1.82) is 0 Å². The first kappa shape index (κ1) is 18.2. The van der Waals surface area contributed by atoms with Gasteiger partial charge in [-0.15, -0.1) is 0 Å². The van der Waals surface area contributed by atoms with Crippen molar-refractivity contribution in [3.63, 3.8) is 0 Å². The quantitative estimate of drug-likeness (QED) is 0.617. The number of hydrogen-bond donors (Lipinski definition) is 0. The minimum absolute atomic E-state index is 0. The first-order valence-electron chi connectivity index (χ1n) is 6.85. The number of aryl methyl sites for hydroxylation is 5. The van der Waals surface area contributed by atoms with Crippen molar-refractivity contribution in [2.45, 2.75) is 34.6 Å². The van der Waals surface area contributed by atoms with Crippen molar-refractivity contribution in [2.75, 3.05) is 0 Å². The van der Waals surface area contributed by atoms with Crippen LogP contribution < -0.4 is 24.2 Å². The van der Waals surface area contributed by atoms with Crippen LogP contribution in [0.5, 0.6) is 0 Å². The predicted octanol–water partition coefficient (Wildman–Crippen LogP) is 1.38. The number of benzene rings is 2. The summed E-state index contributed by atoms with van der Waals surface area (Å²) >= 11 is 0. The molecule has 0 aliphatic heterocycles. The van der Waals surface area contributed by atoms with Crippen molar-refractivity contribution >= 4 is 19.4 Å². The predicted molar refractivity (Wildman–Crippen MR) is 88.8 cm³/mol. The molecule has 0 aliphatic carbocycles. The Morgan fingerprint density at radius 3 is 1.81 bits per heavy atom. The Balaban J connectivity index is 0.00000220. The van der Waals surface area contributed by atoms with Gasteiger partial charge in [-0.25, -0.2) is 0 Å². The molecule has 21 heavy (non-hydrogen) atoms. The van der Waals surface area contributed by atoms with Crippen LogP contribution in [0.3, 0.4) is 0 Å². The SMILES string of the molecule is Cc1cc(C)c(PC(=O)c2c(C)cccc2C)c(C)c1.[Li+]. The van der Waals surface area contributed by atoms with Crippen LogP contribution in [0, 0.1) is 34.6 Å². The van der Waals surface area contributed by atoms with Gasteiger partial charge in [-0.05, 0) is 70.8 Å². The summed E-state index contributed by atoms with van der Waals surface area (Å²) in [4.78, 5) is 12.7. The van der Waals surface area contributed by atoms with E-state index in [-0.39, 0.29) is 33.0 Å². The van der Waals surface area contributed by atoms with E-state index in [2.05, 4.69) is 32.9 Å². The fourth-order valence-electron chi connectivity index (χ4n) is 2.73. The van der Waals surface area contributed by atoms with E-state index in [1.807, 2.05) is 32.0 Å². The second kappa shape index (κ2) is 7.42. The molecule has 0 N–H and O–H groups in total. The third kappa shape index (κ3) is 4.08. The maximum absolute atomic E-state index is 12.7. The molecule has 0 bridgehead atoms. The maximum Gasteiger partial charge on any atom is 1.00 e. The fourth-order valence-corrected chi connectivity index (χ4v) is 4.01. The third-order valence-corrected chi connectivity index (χ3v) is 5.14. The second-order valence-electron chi connectivity index (χ2n) is 5.49. The van der Waals surface area contributed by atoms with Gasteiger partial charge in [0.05, 0.1) is 0 Å². The molecule has 1 atom stereocenters. The summed E-state index contributed by atoms with van der Waals surface area (Å²) in [5.41, 5.74) is 6.99. The number of rotatable bonds is 3. The first-order chi connectivity index (χ1) is 9.40. The minimum atomic E-state index is 0. The van der Waals surface area contributed by atoms with Gasteiger partial charge in [0, 0.05) is 5.56 Å². The normalized spacial score (nSPS) is 10.7. The van der Waals surface area contributed by atoms with Gasteiger partial charge >= 0.3 is 18.9 Å². The van der Waals surface area contributed by atoms with E-state index >= 15 is 0 Å². The molecule has 0 fully saturated rings. The standard InChI is InChI=1S/C18H21OP.Li/c1-11-9-14(4)17(15(5)10-11)20-18(19)16-12(2)7-6-8-13(16)3;/h6-10,20H,1-5H3;/q;+1. The molecular formula is C18H21LiOP+. The maximum atomic E-state index is 12.7. The largest absolute Gasteiger partial charge is 1.00 e. The van der Waals surface area contributed by atoms with Crippen LogP contribution in [-0.4, -0.2) is 5.52 Å². The second-order valence-corrected chi connectivity index (χ2v) is 6.70. The Morgan fingerprint density at radius 2 is 1.33 bits per heavy atom. The molecule has 2 aromatic rings. The first-order valence-corrected chi connectivity index (χ1v) is 7.85. The van der Waals surface area contributed by atoms with Gasteiger partial charge < -0.3 is 0 Å². The Hall–Kier alpha value is -0.863. The zero-order chi connectivity index (χ0) is 14.9. The van der Waals surface area contributed by atoms with Gasteiger partial charge in [-0.1, -0.05) is 35.9 Å². The third-order valence-electron chi connectivity index (χ3n) is 3.62. The van der Waals surface area contributed by atoms with Gasteiger partial charge in [0.15, 0.2) is 5.52 Å². The van der Waals surface area contributed by atoms with Crippen molar-refractivity contribution in [1.82, 2.24) is 0 Å². The molecule has 104 valence electrons. The van der Waals surface area contributed by atoms with Crippen molar-refractivity contribution in [3.05, 3.63) is 63.7 Å². The van der Waals surface area contributed by atoms with Crippen molar-refractivity contribution in [2.24, 2.45) is 0 Å². The molecule has 0 heterocycles. The van der Waals surface area contributed by atoms with Gasteiger partial charge in [0.2, 0.25) is 0 Å². The molecule has 2 rings (SSSR count). The number of carbonyl (C=O) groups is 1. The summed E-state index contributed by atoms with van der Waals surface area (Å²) in [6.45, 7) is 10.3. The van der Waals surface area contributed by atoms with E-state index in [1.54, 1.807) is 0 Å². The molecule has 0 spiro atoms. The minimum Gasteiger partial charge on any atom is -0.289 e. The smallest absolute Gasteiger partial charge is 0.289 e. The summed E-state index contributed by atoms with van der Waals surface area (Å²) in [7, 11) is 0.204. The van der Waals surface area contributed by atoms with E-state index in [1.165, 1.54) is 22.0 Å². The van der Waals surface area contributed by atoms with Gasteiger partial charge in [-0.2, -0.15) is 0 Å². The van der Waals surface area contributed by atoms with Crippen molar-refractivity contribution < 1.29 is 23.7 Å². The molecule has 0 radical (unpaired) electrons. The Morgan fingerprint density at radius 1 is 0.857 bits per heavy atom. The van der Waals surface area contributed by atoms with E-state index in [4.69, 9.17) is 0 Å². The summed E-state index contributed by atoms with van der Waals surface area (Å²) in [6.07, 6.45) is 0. The molecule has 1 nitrogen and oxygen atoms in total. The molecule has 2 aromatic carbocycles. The van der Waals surface area contributed by atoms with Crippen LogP contribution in [0.1, 0.15) is 38.2 Å². The fraction of sp³-hybridized carbons (Fsp3) is 0.278. The van der Waals surface area contributed by atoms with Gasteiger partial charge in [0.25, 0.3) is 0 Å². The van der Waals surface area contributed by atoms with Gasteiger partial charge in [0.1, 0.15) is 0 Å². The van der Waals surface area contributed by atoms with Crippen LogP contribution in [-0.2, 0) is 0 Å². The molecule has 0 amide bonds. The van der Waals surface area contributed by atoms with Crippen LogP contribution >= 0.6 is 8.58 Å². The van der Waals surface area contributed by atoms with E-state index in [0.717, 1.165) is 16.7 Å². The monoisotopic (exact) mass is 291 g/mol. The summed E-state index contributed by atoms with van der Waals surface area (Å²) in [5, 5.41) is 1.20. The average molecular weight is 291 g/mol. The zero-order valence-corrected chi connectivity index (χ0v) is 14.8. The molecule has 0 aromatic heterocycles. The number of carbonyl (C=O) groups excluding carboxylic acids is 1. The Bertz CT molecular complexity index is 634. The molecule has 3 heteroatoms. The van der Waals surface area contributed by atoms with Crippen LogP contribution in [0.25, 0.3) is 0 Å². The van der Waals surface area contributed by atoms with Crippen LogP contribution in [0.2, 0.25) is 0 Å². The van der Waals surface area contributed by atoms with Gasteiger partial charge in [-0.3, -0.25) is 4.79 Å². The molecule has 0 aliphatic rings. The molecular weight excluding hydrogens is 270 g/mol. The van der Waals surface area contributed by atoms with Crippen molar-refractivity contribution in [3.8, 4) is 0 Å². The topological polar surface area (TPSA) is 17.1 Å². The van der Waals surface area contributed by atoms with Crippen LogP contribution in [0.4, 0.5) is 0 Å². The molecule has 0 saturated heterocycles.